The second-order valence-corrected chi connectivity index (χ2v) is 5.47. The molecule has 0 saturated heterocycles. The van der Waals surface area contributed by atoms with Gasteiger partial charge in [0.2, 0.25) is 0 Å². The second kappa shape index (κ2) is 5.99. The van der Waals surface area contributed by atoms with Crippen molar-refractivity contribution in [2.24, 2.45) is 0 Å². The van der Waals surface area contributed by atoms with Crippen LogP contribution in [0.5, 0.6) is 0 Å². The minimum atomic E-state index is -1.16. The molecule has 21 heavy (non-hydrogen) atoms. The van der Waals surface area contributed by atoms with Crippen molar-refractivity contribution in [2.75, 3.05) is 7.11 Å². The standard InChI is InChI=1S/C15H21NO5/c1-4-15(2,19)11-7-12-13(20-3)5-6-16(12)14(18)10(11)8-21-9-17/h7,9,13,19H,4-6,8H2,1-3H3/t13?,15-/m0/s1. The fourth-order valence-corrected chi connectivity index (χ4v) is 2.77. The predicted octanol–water partition coefficient (Wildman–Crippen LogP) is 1.23. The Morgan fingerprint density at radius 2 is 2.29 bits per heavy atom. The second-order valence-electron chi connectivity index (χ2n) is 5.47. The molecule has 1 unspecified atom stereocenters. The van der Waals surface area contributed by atoms with Crippen LogP contribution in [0.1, 0.15) is 49.6 Å². The highest BCUT2D eigenvalue weighted by Crippen LogP contribution is 2.33. The minimum absolute atomic E-state index is 0.133. The Labute approximate surface area is 123 Å². The molecule has 1 aliphatic rings. The average molecular weight is 295 g/mol. The van der Waals surface area contributed by atoms with Crippen LogP contribution in [0.3, 0.4) is 0 Å². The van der Waals surface area contributed by atoms with E-state index in [0.717, 1.165) is 12.1 Å². The van der Waals surface area contributed by atoms with E-state index in [0.29, 0.717) is 30.6 Å². The van der Waals surface area contributed by atoms with Crippen LogP contribution in [-0.4, -0.2) is 23.3 Å². The van der Waals surface area contributed by atoms with Gasteiger partial charge in [-0.1, -0.05) is 6.92 Å². The van der Waals surface area contributed by atoms with Gasteiger partial charge < -0.3 is 19.1 Å². The normalized spacial score (nSPS) is 19.9. The smallest absolute Gasteiger partial charge is 0.293 e. The van der Waals surface area contributed by atoms with E-state index in [1.165, 1.54) is 0 Å². The molecule has 1 aromatic rings. The molecule has 1 aliphatic heterocycles. The van der Waals surface area contributed by atoms with Crippen molar-refractivity contribution in [3.05, 3.63) is 33.2 Å². The van der Waals surface area contributed by atoms with Crippen molar-refractivity contribution in [1.29, 1.82) is 0 Å². The Hall–Kier alpha value is -1.66. The molecule has 116 valence electrons. The monoisotopic (exact) mass is 295 g/mol. The first-order valence-corrected chi connectivity index (χ1v) is 7.03. The zero-order chi connectivity index (χ0) is 15.6. The Kier molecular flexibility index (Phi) is 4.49. The van der Waals surface area contributed by atoms with Crippen LogP contribution in [0.25, 0.3) is 0 Å². The molecule has 2 rings (SSSR count). The molecule has 0 radical (unpaired) electrons. The van der Waals surface area contributed by atoms with Crippen LogP contribution in [0.2, 0.25) is 0 Å². The Morgan fingerprint density at radius 3 is 2.86 bits per heavy atom. The lowest BCUT2D eigenvalue weighted by Crippen LogP contribution is -2.32. The van der Waals surface area contributed by atoms with Gasteiger partial charge in [0.05, 0.1) is 23.0 Å². The van der Waals surface area contributed by atoms with E-state index in [1.807, 2.05) is 6.92 Å². The van der Waals surface area contributed by atoms with E-state index < -0.39 is 5.60 Å². The third kappa shape index (κ3) is 2.73. The number of aromatic nitrogens is 1. The highest BCUT2D eigenvalue weighted by Gasteiger charge is 2.32. The maximum absolute atomic E-state index is 12.6. The number of ether oxygens (including phenoxy) is 2. The molecule has 0 amide bonds. The number of fused-ring (bicyclic) bond motifs is 1. The molecular formula is C15H21NO5. The molecule has 2 atom stereocenters. The number of hydrogen-bond acceptors (Lipinski definition) is 5. The lowest BCUT2D eigenvalue weighted by atomic mass is 9.89. The van der Waals surface area contributed by atoms with Crippen LogP contribution in [-0.2, 0) is 33.0 Å². The molecule has 0 spiro atoms. The zero-order valence-corrected chi connectivity index (χ0v) is 12.6. The zero-order valence-electron chi connectivity index (χ0n) is 12.6. The maximum Gasteiger partial charge on any atom is 0.293 e. The number of pyridine rings is 1. The molecule has 1 N–H and O–H groups in total. The molecule has 0 saturated carbocycles. The number of rotatable bonds is 6. The summed E-state index contributed by atoms with van der Waals surface area (Å²) in [5.74, 6) is 0. The van der Waals surface area contributed by atoms with Crippen molar-refractivity contribution in [3.8, 4) is 0 Å². The molecule has 0 aromatic carbocycles. The summed E-state index contributed by atoms with van der Waals surface area (Å²) in [6, 6.07) is 1.80. The van der Waals surface area contributed by atoms with E-state index in [1.54, 1.807) is 24.7 Å². The van der Waals surface area contributed by atoms with Gasteiger partial charge in [0.25, 0.3) is 12.0 Å². The Morgan fingerprint density at radius 1 is 1.57 bits per heavy atom. The third-order valence-electron chi connectivity index (χ3n) is 4.23. The molecule has 6 nitrogen and oxygen atoms in total. The summed E-state index contributed by atoms with van der Waals surface area (Å²) in [7, 11) is 1.60. The first kappa shape index (κ1) is 15.7. The van der Waals surface area contributed by atoms with Gasteiger partial charge >= 0.3 is 0 Å². The first-order chi connectivity index (χ1) is 9.96. The summed E-state index contributed by atoms with van der Waals surface area (Å²) in [6.07, 6.45) is 1.02. The van der Waals surface area contributed by atoms with E-state index >= 15 is 0 Å². The molecule has 0 fully saturated rings. The molecule has 0 aliphatic carbocycles. The van der Waals surface area contributed by atoms with E-state index in [9.17, 15) is 14.7 Å². The van der Waals surface area contributed by atoms with Gasteiger partial charge in [-0.25, -0.2) is 0 Å². The number of methoxy groups -OCH3 is 1. The number of carbonyl (C=O) groups excluding carboxylic acids is 1. The number of carbonyl (C=O) groups is 1. The predicted molar refractivity (Wildman–Crippen MR) is 75.8 cm³/mol. The summed E-state index contributed by atoms with van der Waals surface area (Å²) >= 11 is 0. The van der Waals surface area contributed by atoms with Crippen molar-refractivity contribution < 1.29 is 19.4 Å². The van der Waals surface area contributed by atoms with E-state index in [4.69, 9.17) is 9.47 Å². The number of aliphatic hydroxyl groups is 1. The highest BCUT2D eigenvalue weighted by molar-refractivity contribution is 5.39. The average Bonchev–Trinajstić information content (AvgIpc) is 2.89. The van der Waals surface area contributed by atoms with Crippen LogP contribution >= 0.6 is 0 Å². The molecule has 6 heteroatoms. The lowest BCUT2D eigenvalue weighted by molar-refractivity contribution is -0.129. The number of hydrogen-bond donors (Lipinski definition) is 1. The van der Waals surface area contributed by atoms with Gasteiger partial charge in [0, 0.05) is 13.7 Å². The van der Waals surface area contributed by atoms with Crippen LogP contribution in [0.15, 0.2) is 10.9 Å². The van der Waals surface area contributed by atoms with Crippen molar-refractivity contribution in [1.82, 2.24) is 4.57 Å². The van der Waals surface area contributed by atoms with Crippen molar-refractivity contribution in [2.45, 2.75) is 51.5 Å². The molecular weight excluding hydrogens is 274 g/mol. The largest absolute Gasteiger partial charge is 0.463 e. The maximum atomic E-state index is 12.6. The third-order valence-corrected chi connectivity index (χ3v) is 4.23. The summed E-state index contributed by atoms with van der Waals surface area (Å²) in [5.41, 5.74) is 0.220. The van der Waals surface area contributed by atoms with E-state index in [2.05, 4.69) is 0 Å². The molecule has 1 aromatic heterocycles. The quantitative estimate of drug-likeness (QED) is 0.799. The molecule has 2 heterocycles. The Balaban J connectivity index is 2.64. The summed E-state index contributed by atoms with van der Waals surface area (Å²) in [6.45, 7) is 4.23. The van der Waals surface area contributed by atoms with Crippen molar-refractivity contribution in [3.63, 3.8) is 0 Å². The van der Waals surface area contributed by atoms with Gasteiger partial charge in [0.1, 0.15) is 6.61 Å². The summed E-state index contributed by atoms with van der Waals surface area (Å²) < 4.78 is 11.8. The van der Waals surface area contributed by atoms with Gasteiger partial charge in [-0.2, -0.15) is 0 Å². The number of nitrogens with zero attached hydrogens (tertiary/aromatic N) is 1. The van der Waals surface area contributed by atoms with Gasteiger partial charge in [-0.3, -0.25) is 9.59 Å². The van der Waals surface area contributed by atoms with Crippen LogP contribution in [0.4, 0.5) is 0 Å². The van der Waals surface area contributed by atoms with Gasteiger partial charge in [0.15, 0.2) is 0 Å². The molecule has 0 bridgehead atoms. The van der Waals surface area contributed by atoms with Crippen LogP contribution in [0, 0.1) is 0 Å². The Bertz CT molecular complexity index is 590. The summed E-state index contributed by atoms with van der Waals surface area (Å²) in [4.78, 5) is 23.1. The SMILES string of the molecule is CC[C@](C)(O)c1cc2n(c(=O)c1COC=O)CCC2OC. The highest BCUT2D eigenvalue weighted by atomic mass is 16.5. The topological polar surface area (TPSA) is 77.8 Å². The minimum Gasteiger partial charge on any atom is -0.463 e. The van der Waals surface area contributed by atoms with Gasteiger partial charge in [-0.05, 0) is 31.4 Å². The fourth-order valence-electron chi connectivity index (χ4n) is 2.77. The summed E-state index contributed by atoms with van der Waals surface area (Å²) in [5, 5.41) is 10.6. The van der Waals surface area contributed by atoms with Crippen LogP contribution < -0.4 is 5.56 Å². The van der Waals surface area contributed by atoms with Crippen molar-refractivity contribution >= 4 is 6.47 Å². The van der Waals surface area contributed by atoms with E-state index in [-0.39, 0.29) is 18.3 Å². The fraction of sp³-hybridized carbons (Fsp3) is 0.600. The van der Waals surface area contributed by atoms with Gasteiger partial charge in [-0.15, -0.1) is 0 Å². The lowest BCUT2D eigenvalue weighted by Gasteiger charge is -2.26. The first-order valence-electron chi connectivity index (χ1n) is 7.03.